The molecule has 2 rings (SSSR count). The van der Waals surface area contributed by atoms with E-state index in [0.717, 1.165) is 37.3 Å². The molecule has 1 fully saturated rings. The first-order valence-corrected chi connectivity index (χ1v) is 6.87. The fourth-order valence-electron chi connectivity index (χ4n) is 2.58. The first kappa shape index (κ1) is 13.8. The van der Waals surface area contributed by atoms with Gasteiger partial charge in [0.15, 0.2) is 5.82 Å². The van der Waals surface area contributed by atoms with Crippen LogP contribution in [0.5, 0.6) is 0 Å². The molecule has 1 aromatic rings. The van der Waals surface area contributed by atoms with Gasteiger partial charge in [-0.3, -0.25) is 4.79 Å². The highest BCUT2D eigenvalue weighted by Gasteiger charge is 2.27. The van der Waals surface area contributed by atoms with Gasteiger partial charge >= 0.3 is 5.97 Å². The number of hydrogen-bond donors (Lipinski definition) is 1. The van der Waals surface area contributed by atoms with Gasteiger partial charge in [-0.05, 0) is 37.3 Å². The Morgan fingerprint density at radius 3 is 2.84 bits per heavy atom. The Morgan fingerprint density at radius 1 is 1.47 bits per heavy atom. The van der Waals surface area contributed by atoms with Crippen molar-refractivity contribution < 1.29 is 9.90 Å². The number of carboxylic acids is 1. The summed E-state index contributed by atoms with van der Waals surface area (Å²) >= 11 is 0. The van der Waals surface area contributed by atoms with Crippen LogP contribution < -0.4 is 4.90 Å². The largest absolute Gasteiger partial charge is 0.481 e. The second kappa shape index (κ2) is 5.99. The highest BCUT2D eigenvalue weighted by Crippen LogP contribution is 2.25. The minimum atomic E-state index is -0.749. The van der Waals surface area contributed by atoms with E-state index in [0.29, 0.717) is 5.92 Å². The van der Waals surface area contributed by atoms with Crippen molar-refractivity contribution in [3.05, 3.63) is 17.8 Å². The molecule has 0 saturated carbocycles. The molecular formula is C14H21N3O2. The topological polar surface area (TPSA) is 66.3 Å². The second-order valence-electron chi connectivity index (χ2n) is 5.57. The summed E-state index contributed by atoms with van der Waals surface area (Å²) in [6.45, 7) is 5.17. The van der Waals surface area contributed by atoms with Crippen molar-refractivity contribution in [1.29, 1.82) is 0 Å². The Balaban J connectivity index is 2.06. The minimum Gasteiger partial charge on any atom is -0.481 e. The van der Waals surface area contributed by atoms with Gasteiger partial charge in [0, 0.05) is 12.6 Å². The molecular weight excluding hydrogens is 242 g/mol. The monoisotopic (exact) mass is 263 g/mol. The zero-order valence-electron chi connectivity index (χ0n) is 11.5. The molecule has 0 aliphatic carbocycles. The summed E-state index contributed by atoms with van der Waals surface area (Å²) in [6, 6.07) is 4.02. The predicted molar refractivity (Wildman–Crippen MR) is 73.2 cm³/mol. The van der Waals surface area contributed by atoms with Gasteiger partial charge in [-0.25, -0.2) is 0 Å². The zero-order valence-corrected chi connectivity index (χ0v) is 11.5. The van der Waals surface area contributed by atoms with Crippen LogP contribution >= 0.6 is 0 Å². The quantitative estimate of drug-likeness (QED) is 0.881. The first-order chi connectivity index (χ1) is 9.06. The van der Waals surface area contributed by atoms with Gasteiger partial charge in [-0.15, -0.1) is 5.10 Å². The lowest BCUT2D eigenvalue weighted by Gasteiger charge is -2.24. The maximum absolute atomic E-state index is 10.8. The summed E-state index contributed by atoms with van der Waals surface area (Å²) in [5.41, 5.74) is 0.993. The highest BCUT2D eigenvalue weighted by molar-refractivity contribution is 5.68. The van der Waals surface area contributed by atoms with Gasteiger partial charge in [0.2, 0.25) is 0 Å². The van der Waals surface area contributed by atoms with Crippen molar-refractivity contribution in [3.8, 4) is 0 Å². The van der Waals surface area contributed by atoms with Gasteiger partial charge in [-0.2, -0.15) is 5.10 Å². The number of nitrogens with zero attached hydrogens (tertiary/aromatic N) is 3. The molecule has 1 aromatic heterocycles. The van der Waals surface area contributed by atoms with Crippen molar-refractivity contribution in [2.24, 2.45) is 5.92 Å². The van der Waals surface area contributed by atoms with Crippen molar-refractivity contribution in [2.75, 3.05) is 11.4 Å². The van der Waals surface area contributed by atoms with Crippen molar-refractivity contribution in [1.82, 2.24) is 10.2 Å². The fraction of sp³-hybridized carbons (Fsp3) is 0.643. The zero-order chi connectivity index (χ0) is 13.8. The molecule has 0 radical (unpaired) electrons. The second-order valence-corrected chi connectivity index (χ2v) is 5.57. The van der Waals surface area contributed by atoms with Crippen LogP contribution in [-0.4, -0.2) is 33.9 Å². The molecule has 1 aliphatic rings. The lowest BCUT2D eigenvalue weighted by Crippen LogP contribution is -2.32. The van der Waals surface area contributed by atoms with E-state index >= 15 is 0 Å². The van der Waals surface area contributed by atoms with Crippen LogP contribution in [0.25, 0.3) is 0 Å². The van der Waals surface area contributed by atoms with E-state index in [2.05, 4.69) is 28.9 Å². The van der Waals surface area contributed by atoms with E-state index in [1.165, 1.54) is 0 Å². The molecule has 0 aromatic carbocycles. The number of anilines is 1. The number of carboxylic acid groups (broad SMARTS) is 1. The van der Waals surface area contributed by atoms with Crippen molar-refractivity contribution in [2.45, 2.75) is 45.6 Å². The summed E-state index contributed by atoms with van der Waals surface area (Å²) in [7, 11) is 0. The van der Waals surface area contributed by atoms with E-state index in [1.807, 2.05) is 12.1 Å². The van der Waals surface area contributed by atoms with E-state index in [4.69, 9.17) is 5.11 Å². The predicted octanol–water partition coefficient (Wildman–Crippen LogP) is 2.12. The standard InChI is InChI=1S/C14H21N3O2/c1-10(2)8-11-5-6-13(16-15-11)17-7-3-4-12(17)9-14(18)19/h5-6,10,12H,3-4,7-9H2,1-2H3,(H,18,19). The normalized spacial score (nSPS) is 19.1. The van der Waals surface area contributed by atoms with Gasteiger partial charge in [0.25, 0.3) is 0 Å². The molecule has 0 spiro atoms. The lowest BCUT2D eigenvalue weighted by atomic mass is 10.1. The molecule has 1 unspecified atom stereocenters. The van der Waals surface area contributed by atoms with E-state index in [-0.39, 0.29) is 12.5 Å². The highest BCUT2D eigenvalue weighted by atomic mass is 16.4. The average Bonchev–Trinajstić information content (AvgIpc) is 2.76. The van der Waals surface area contributed by atoms with Gasteiger partial charge in [0.1, 0.15) is 0 Å². The van der Waals surface area contributed by atoms with Crippen LogP contribution in [0.4, 0.5) is 5.82 Å². The molecule has 1 atom stereocenters. The Labute approximate surface area is 113 Å². The maximum atomic E-state index is 10.8. The molecule has 5 heteroatoms. The Bertz CT molecular complexity index is 431. The average molecular weight is 263 g/mol. The van der Waals surface area contributed by atoms with Crippen LogP contribution in [0.2, 0.25) is 0 Å². The first-order valence-electron chi connectivity index (χ1n) is 6.87. The summed E-state index contributed by atoms with van der Waals surface area (Å²) in [5.74, 6) is 0.615. The van der Waals surface area contributed by atoms with Crippen LogP contribution in [0.15, 0.2) is 12.1 Å². The fourth-order valence-corrected chi connectivity index (χ4v) is 2.58. The van der Waals surface area contributed by atoms with Crippen molar-refractivity contribution >= 4 is 11.8 Å². The van der Waals surface area contributed by atoms with Crippen LogP contribution in [-0.2, 0) is 11.2 Å². The molecule has 2 heterocycles. The molecule has 19 heavy (non-hydrogen) atoms. The number of rotatable bonds is 5. The van der Waals surface area contributed by atoms with Gasteiger partial charge in [0.05, 0.1) is 12.1 Å². The molecule has 0 bridgehead atoms. The lowest BCUT2D eigenvalue weighted by molar-refractivity contribution is -0.137. The number of aromatic nitrogens is 2. The summed E-state index contributed by atoms with van der Waals surface area (Å²) in [5, 5.41) is 17.4. The van der Waals surface area contributed by atoms with Gasteiger partial charge in [-0.1, -0.05) is 13.8 Å². The van der Waals surface area contributed by atoms with Crippen LogP contribution in [0.3, 0.4) is 0 Å². The molecule has 1 N–H and O–H groups in total. The summed E-state index contributed by atoms with van der Waals surface area (Å²) in [4.78, 5) is 12.9. The van der Waals surface area contributed by atoms with E-state index in [9.17, 15) is 4.79 Å². The Kier molecular flexibility index (Phi) is 4.35. The number of hydrogen-bond acceptors (Lipinski definition) is 4. The third kappa shape index (κ3) is 3.66. The third-order valence-electron chi connectivity index (χ3n) is 3.40. The van der Waals surface area contributed by atoms with E-state index < -0.39 is 5.97 Å². The molecule has 1 saturated heterocycles. The smallest absolute Gasteiger partial charge is 0.305 e. The minimum absolute atomic E-state index is 0.0581. The molecule has 0 amide bonds. The van der Waals surface area contributed by atoms with Crippen LogP contribution in [0, 0.1) is 5.92 Å². The SMILES string of the molecule is CC(C)Cc1ccc(N2CCCC2CC(=O)O)nn1. The summed E-state index contributed by atoms with van der Waals surface area (Å²) < 4.78 is 0. The summed E-state index contributed by atoms with van der Waals surface area (Å²) in [6.07, 6.45) is 3.04. The van der Waals surface area contributed by atoms with E-state index in [1.54, 1.807) is 0 Å². The Morgan fingerprint density at radius 2 is 2.26 bits per heavy atom. The van der Waals surface area contributed by atoms with Gasteiger partial charge < -0.3 is 10.0 Å². The van der Waals surface area contributed by atoms with Crippen molar-refractivity contribution in [3.63, 3.8) is 0 Å². The molecule has 5 nitrogen and oxygen atoms in total. The third-order valence-corrected chi connectivity index (χ3v) is 3.40. The Hall–Kier alpha value is -1.65. The molecule has 1 aliphatic heterocycles. The maximum Gasteiger partial charge on any atom is 0.305 e. The number of aliphatic carboxylic acids is 1. The number of carbonyl (C=O) groups is 1. The van der Waals surface area contributed by atoms with Crippen LogP contribution in [0.1, 0.15) is 38.8 Å². The molecule has 104 valence electrons.